The number of phenolic OH excluding ortho intramolecular Hbond substituents is 1. The van der Waals surface area contributed by atoms with Crippen LogP contribution in [0.25, 0.3) is 32.8 Å². The summed E-state index contributed by atoms with van der Waals surface area (Å²) in [4.78, 5) is 14.5. The fraction of sp³-hybridized carbons (Fsp3) is 0.487. The van der Waals surface area contributed by atoms with Crippen molar-refractivity contribution in [3.05, 3.63) is 53.1 Å². The van der Waals surface area contributed by atoms with Gasteiger partial charge in [-0.25, -0.2) is 8.78 Å². The van der Waals surface area contributed by atoms with E-state index in [2.05, 4.69) is 21.0 Å². The Bertz CT molecular complexity index is 1990. The number of fused-ring (bicyclic) bond motifs is 4. The van der Waals surface area contributed by atoms with Crippen LogP contribution in [0.15, 0.2) is 30.3 Å². The van der Waals surface area contributed by atoms with Crippen molar-refractivity contribution in [3.63, 3.8) is 0 Å². The summed E-state index contributed by atoms with van der Waals surface area (Å²) >= 11 is 0. The number of aromatic nitrogens is 2. The molecule has 3 aromatic carbocycles. The molecule has 2 bridgehead atoms. The molecule has 8 nitrogen and oxygen atoms in total. The van der Waals surface area contributed by atoms with Crippen LogP contribution in [0.1, 0.15) is 62.0 Å². The molecule has 4 aromatic rings. The lowest BCUT2D eigenvalue weighted by Gasteiger charge is -2.34. The molecule has 0 radical (unpaired) electrons. The van der Waals surface area contributed by atoms with Crippen molar-refractivity contribution < 1.29 is 23.4 Å². The van der Waals surface area contributed by atoms with Crippen LogP contribution in [0.4, 0.5) is 14.6 Å². The van der Waals surface area contributed by atoms with Crippen LogP contribution < -0.4 is 15.0 Å². The second-order valence-electron chi connectivity index (χ2n) is 14.9. The highest BCUT2D eigenvalue weighted by Gasteiger charge is 2.45. The number of ether oxygens (including phenoxy) is 2. The average molecular weight is 666 g/mol. The second-order valence-corrected chi connectivity index (χ2v) is 14.9. The minimum Gasteiger partial charge on any atom is -0.508 e. The molecule has 2 unspecified atom stereocenters. The first-order valence-electron chi connectivity index (χ1n) is 17.8. The molecule has 0 amide bonds. The molecule has 254 valence electrons. The lowest BCUT2D eigenvalue weighted by Crippen LogP contribution is -2.51. The van der Waals surface area contributed by atoms with Crippen LogP contribution in [-0.2, 0) is 4.74 Å². The Hall–Kier alpha value is -4.04. The monoisotopic (exact) mass is 665 g/mol. The topological polar surface area (TPSA) is 83.0 Å². The molecule has 3 saturated heterocycles. The first-order chi connectivity index (χ1) is 23.9. The van der Waals surface area contributed by atoms with E-state index >= 15 is 8.78 Å². The van der Waals surface area contributed by atoms with Crippen LogP contribution in [0, 0.1) is 29.4 Å². The normalized spacial score (nSPS) is 23.5. The van der Waals surface area contributed by atoms with Crippen LogP contribution in [-0.4, -0.2) is 84.6 Å². The van der Waals surface area contributed by atoms with E-state index in [0.29, 0.717) is 51.8 Å². The number of terminal acetylenes is 1. The smallest absolute Gasteiger partial charge is 0.319 e. The fourth-order valence-electron chi connectivity index (χ4n) is 8.41. The number of aromatic hydroxyl groups is 1. The Morgan fingerprint density at radius 3 is 2.61 bits per heavy atom. The molecule has 2 saturated carbocycles. The van der Waals surface area contributed by atoms with Crippen molar-refractivity contribution in [2.24, 2.45) is 5.41 Å². The summed E-state index contributed by atoms with van der Waals surface area (Å²) in [5.41, 5.74) is 1.70. The van der Waals surface area contributed by atoms with E-state index in [4.69, 9.17) is 25.9 Å². The first-order valence-corrected chi connectivity index (χ1v) is 17.8. The van der Waals surface area contributed by atoms with E-state index in [0.717, 1.165) is 96.4 Å². The Kier molecular flexibility index (Phi) is 7.64. The number of benzene rings is 3. The number of rotatable bonds is 8. The van der Waals surface area contributed by atoms with E-state index < -0.39 is 11.6 Å². The maximum atomic E-state index is 17.5. The lowest BCUT2D eigenvalue weighted by atomic mass is 9.88. The Balaban J connectivity index is 1.18. The van der Waals surface area contributed by atoms with E-state index in [9.17, 15) is 5.11 Å². The Morgan fingerprint density at radius 2 is 1.86 bits per heavy atom. The maximum absolute atomic E-state index is 17.5. The molecule has 4 heterocycles. The molecule has 2 atom stereocenters. The summed E-state index contributed by atoms with van der Waals surface area (Å²) in [6.07, 6.45) is 13.0. The summed E-state index contributed by atoms with van der Waals surface area (Å²) in [6, 6.07) is 8.79. The molecule has 3 aliphatic heterocycles. The van der Waals surface area contributed by atoms with Gasteiger partial charge in [0, 0.05) is 73.2 Å². The number of piperazine rings is 1. The second kappa shape index (κ2) is 12.1. The Morgan fingerprint density at radius 1 is 1.04 bits per heavy atom. The summed E-state index contributed by atoms with van der Waals surface area (Å²) in [7, 11) is 0. The molecule has 1 aromatic heterocycles. The molecular formula is C39H41F2N5O3. The van der Waals surface area contributed by atoms with Gasteiger partial charge in [-0.05, 0) is 91.6 Å². The lowest BCUT2D eigenvalue weighted by molar-refractivity contribution is 0.127. The van der Waals surface area contributed by atoms with Gasteiger partial charge >= 0.3 is 6.01 Å². The van der Waals surface area contributed by atoms with Crippen LogP contribution >= 0.6 is 0 Å². The van der Waals surface area contributed by atoms with Crippen molar-refractivity contribution in [1.82, 2.24) is 20.2 Å². The van der Waals surface area contributed by atoms with Crippen molar-refractivity contribution in [3.8, 4) is 35.2 Å². The van der Waals surface area contributed by atoms with Crippen molar-refractivity contribution in [1.29, 1.82) is 0 Å². The summed E-state index contributed by atoms with van der Waals surface area (Å²) in [5.74, 6) is 2.15. The highest BCUT2D eigenvalue weighted by molar-refractivity contribution is 6.05. The van der Waals surface area contributed by atoms with Crippen LogP contribution in [0.2, 0.25) is 0 Å². The van der Waals surface area contributed by atoms with Crippen LogP contribution in [0.3, 0.4) is 0 Å². The average Bonchev–Trinajstić information content (AvgIpc) is 4.03. The van der Waals surface area contributed by atoms with Gasteiger partial charge in [-0.2, -0.15) is 9.97 Å². The van der Waals surface area contributed by atoms with Crippen LogP contribution in [0.5, 0.6) is 11.8 Å². The van der Waals surface area contributed by atoms with E-state index in [1.807, 2.05) is 6.07 Å². The number of anilines is 1. The summed E-state index contributed by atoms with van der Waals surface area (Å²) in [6.45, 7) is 6.40. The molecule has 5 aliphatic rings. The van der Waals surface area contributed by atoms with Crippen molar-refractivity contribution in [2.45, 2.75) is 62.9 Å². The number of nitrogens with zero attached hydrogens (tertiary/aromatic N) is 4. The number of nitrogens with one attached hydrogen (secondary N) is 1. The SMILES string of the molecule is C#Cc1c(F)ccc2cc(O)cc(-c3c(C4CC4)cc4c(N5CC6CCC(C5)N6)nc(OCC5(CN6CCCOCC6)CC5)nc4c3F)c12. The molecule has 9 rings (SSSR count). The number of hydrogen-bond donors (Lipinski definition) is 2. The third-order valence-electron chi connectivity index (χ3n) is 11.3. The van der Waals surface area contributed by atoms with E-state index in [1.54, 1.807) is 6.07 Å². The number of hydrogen-bond acceptors (Lipinski definition) is 8. The van der Waals surface area contributed by atoms with E-state index in [1.165, 1.54) is 18.2 Å². The zero-order chi connectivity index (χ0) is 33.3. The molecule has 0 spiro atoms. The molecule has 5 fully saturated rings. The number of halogens is 2. The van der Waals surface area contributed by atoms with Gasteiger partial charge in [0.25, 0.3) is 0 Å². The summed E-state index contributed by atoms with van der Waals surface area (Å²) in [5, 5.41) is 16.1. The number of phenols is 1. The zero-order valence-corrected chi connectivity index (χ0v) is 27.6. The molecular weight excluding hydrogens is 624 g/mol. The molecule has 49 heavy (non-hydrogen) atoms. The molecule has 10 heteroatoms. The van der Waals surface area contributed by atoms with Gasteiger partial charge in [0.15, 0.2) is 5.82 Å². The van der Waals surface area contributed by atoms with Gasteiger partial charge < -0.3 is 29.7 Å². The third-order valence-corrected chi connectivity index (χ3v) is 11.3. The quantitative estimate of drug-likeness (QED) is 0.218. The highest BCUT2D eigenvalue weighted by Crippen LogP contribution is 2.51. The van der Waals surface area contributed by atoms with Gasteiger partial charge in [0.1, 0.15) is 22.9 Å². The van der Waals surface area contributed by atoms with Crippen molar-refractivity contribution >= 4 is 27.5 Å². The minimum absolute atomic E-state index is 0.0205. The predicted molar refractivity (Wildman–Crippen MR) is 185 cm³/mol. The van der Waals surface area contributed by atoms with Gasteiger partial charge in [0.05, 0.1) is 18.8 Å². The Labute approximate surface area is 284 Å². The van der Waals surface area contributed by atoms with Crippen molar-refractivity contribution in [2.75, 3.05) is 57.4 Å². The fourth-order valence-corrected chi connectivity index (χ4v) is 8.41. The standard InChI is InChI=1S/C39H41F2N5O3/c1-2-28-32(40)9-6-24-16-27(47)17-30(33(24)28)34-29(23-4-5-23)18-31-36(35(34)41)43-38(44-37(31)46-19-25-7-8-26(20-46)42-25)49-22-39(10-11-39)21-45-12-3-14-48-15-13-45/h1,6,9,16-18,23,25-26,42,47H,3-5,7-8,10-15,19-22H2. The zero-order valence-electron chi connectivity index (χ0n) is 27.6. The summed E-state index contributed by atoms with van der Waals surface area (Å²) < 4.78 is 44.7. The third kappa shape index (κ3) is 5.76. The maximum Gasteiger partial charge on any atom is 0.319 e. The van der Waals surface area contributed by atoms with Gasteiger partial charge in [-0.3, -0.25) is 0 Å². The minimum atomic E-state index is -0.563. The highest BCUT2D eigenvalue weighted by atomic mass is 19.1. The van der Waals surface area contributed by atoms with E-state index in [-0.39, 0.29) is 34.2 Å². The van der Waals surface area contributed by atoms with Gasteiger partial charge in [-0.1, -0.05) is 12.0 Å². The first kappa shape index (κ1) is 31.0. The molecule has 2 N–H and O–H groups in total. The van der Waals surface area contributed by atoms with Gasteiger partial charge in [-0.15, -0.1) is 6.42 Å². The molecule has 2 aliphatic carbocycles. The largest absolute Gasteiger partial charge is 0.508 e. The van der Waals surface area contributed by atoms with Gasteiger partial charge in [0.2, 0.25) is 0 Å². The predicted octanol–water partition coefficient (Wildman–Crippen LogP) is 6.11.